The van der Waals surface area contributed by atoms with Crippen molar-refractivity contribution in [2.75, 3.05) is 0 Å². The SMILES string of the molecule is C=C(C)C(C)(C)OP(=O)(OC(C)(C)C(=C)C)OC(C)(C)C(=C)C. The predicted octanol–water partition coefficient (Wildman–Crippen LogP) is 6.21. The van der Waals surface area contributed by atoms with E-state index in [1.165, 1.54) is 0 Å². The van der Waals surface area contributed by atoms with Gasteiger partial charge in [-0.05, 0) is 79.0 Å². The van der Waals surface area contributed by atoms with Gasteiger partial charge in [-0.3, -0.25) is 13.6 Å². The molecule has 0 aromatic rings. The lowest BCUT2D eigenvalue weighted by Crippen LogP contribution is -2.33. The number of hydrogen-bond acceptors (Lipinski definition) is 4. The van der Waals surface area contributed by atoms with Crippen LogP contribution in [0, 0.1) is 0 Å². The summed E-state index contributed by atoms with van der Waals surface area (Å²) >= 11 is 0. The molecule has 0 aliphatic heterocycles. The molecule has 0 unspecified atom stereocenters. The first-order valence-electron chi connectivity index (χ1n) is 7.65. The quantitative estimate of drug-likeness (QED) is 0.368. The van der Waals surface area contributed by atoms with E-state index in [0.29, 0.717) is 16.7 Å². The topological polar surface area (TPSA) is 44.8 Å². The molecule has 0 fully saturated rings. The van der Waals surface area contributed by atoms with Crippen molar-refractivity contribution in [3.05, 3.63) is 36.5 Å². The molecule has 0 aliphatic rings. The van der Waals surface area contributed by atoms with E-state index in [0.717, 1.165) is 0 Å². The van der Waals surface area contributed by atoms with Crippen molar-refractivity contribution in [2.45, 2.75) is 79.1 Å². The van der Waals surface area contributed by atoms with Crippen LogP contribution in [0.4, 0.5) is 0 Å². The third-order valence-electron chi connectivity index (χ3n) is 4.10. The average molecular weight is 344 g/mol. The molecule has 0 N–H and O–H groups in total. The summed E-state index contributed by atoms with van der Waals surface area (Å²) in [5.74, 6) is 0. The highest BCUT2D eigenvalue weighted by Crippen LogP contribution is 2.60. The molecule has 0 radical (unpaired) electrons. The molecule has 0 aliphatic carbocycles. The van der Waals surface area contributed by atoms with Crippen LogP contribution in [0.2, 0.25) is 0 Å². The van der Waals surface area contributed by atoms with Crippen LogP contribution in [0.15, 0.2) is 36.5 Å². The van der Waals surface area contributed by atoms with Crippen LogP contribution >= 0.6 is 7.82 Å². The lowest BCUT2D eigenvalue weighted by Gasteiger charge is -2.38. The van der Waals surface area contributed by atoms with Gasteiger partial charge in [0.1, 0.15) is 0 Å². The predicted molar refractivity (Wildman–Crippen MR) is 97.5 cm³/mol. The van der Waals surface area contributed by atoms with E-state index in [1.807, 2.05) is 0 Å². The number of phosphoric acid groups is 1. The number of phosphoric ester groups is 1. The standard InChI is InChI=1S/C18H33O4P/c1-13(2)16(7,8)20-23(19,21-17(9,10)14(3)4)22-18(11,12)15(5)6/h1,3,5H2,2,4,6-12H3. The number of rotatable bonds is 9. The van der Waals surface area contributed by atoms with Crippen LogP contribution in [-0.4, -0.2) is 16.8 Å². The van der Waals surface area contributed by atoms with Crippen LogP contribution in [0.3, 0.4) is 0 Å². The Labute approximate surface area is 142 Å². The summed E-state index contributed by atoms with van der Waals surface area (Å²) in [5.41, 5.74) is -0.465. The molecule has 0 heterocycles. The second-order valence-electron chi connectivity index (χ2n) is 7.59. The van der Waals surface area contributed by atoms with E-state index < -0.39 is 24.6 Å². The molecule has 0 saturated carbocycles. The third kappa shape index (κ3) is 6.39. The van der Waals surface area contributed by atoms with Crippen LogP contribution in [0.1, 0.15) is 62.3 Å². The molecule has 23 heavy (non-hydrogen) atoms. The fourth-order valence-electron chi connectivity index (χ4n) is 1.13. The van der Waals surface area contributed by atoms with Crippen LogP contribution in [-0.2, 0) is 18.1 Å². The Morgan fingerprint density at radius 1 is 0.652 bits per heavy atom. The maximum absolute atomic E-state index is 13.4. The first-order chi connectivity index (χ1) is 9.95. The molecule has 0 aromatic carbocycles. The molecule has 0 atom stereocenters. The van der Waals surface area contributed by atoms with Gasteiger partial charge in [-0.25, -0.2) is 4.57 Å². The minimum absolute atomic E-state index is 0.714. The first kappa shape index (κ1) is 22.3. The Balaban J connectivity index is 5.80. The summed E-state index contributed by atoms with van der Waals surface area (Å²) in [6.45, 7) is 27.7. The van der Waals surface area contributed by atoms with Crippen molar-refractivity contribution >= 4 is 7.82 Å². The third-order valence-corrected chi connectivity index (χ3v) is 6.14. The van der Waals surface area contributed by atoms with Crippen molar-refractivity contribution < 1.29 is 18.1 Å². The van der Waals surface area contributed by atoms with Gasteiger partial charge in [0.15, 0.2) is 0 Å². The summed E-state index contributed by atoms with van der Waals surface area (Å²) in [6.07, 6.45) is 0. The van der Waals surface area contributed by atoms with Gasteiger partial charge < -0.3 is 0 Å². The highest BCUT2D eigenvalue weighted by molar-refractivity contribution is 7.48. The summed E-state index contributed by atoms with van der Waals surface area (Å²) in [5, 5.41) is 0. The summed E-state index contributed by atoms with van der Waals surface area (Å²) in [7, 11) is -3.93. The van der Waals surface area contributed by atoms with Gasteiger partial charge in [-0.1, -0.05) is 19.7 Å². The second-order valence-corrected chi connectivity index (χ2v) is 9.04. The fourth-order valence-corrected chi connectivity index (χ4v) is 3.38. The van der Waals surface area contributed by atoms with E-state index >= 15 is 0 Å². The van der Waals surface area contributed by atoms with E-state index in [1.54, 1.807) is 62.3 Å². The first-order valence-corrected chi connectivity index (χ1v) is 9.11. The Bertz CT molecular complexity index is 465. The van der Waals surface area contributed by atoms with Crippen LogP contribution in [0.5, 0.6) is 0 Å². The molecule has 134 valence electrons. The second kappa shape index (κ2) is 7.06. The van der Waals surface area contributed by atoms with Crippen molar-refractivity contribution in [3.8, 4) is 0 Å². The van der Waals surface area contributed by atoms with E-state index in [-0.39, 0.29) is 0 Å². The van der Waals surface area contributed by atoms with Gasteiger partial charge in [0.25, 0.3) is 0 Å². The maximum atomic E-state index is 13.4. The molecule has 0 spiro atoms. The highest BCUT2D eigenvalue weighted by atomic mass is 31.2. The molecular formula is C18H33O4P. The van der Waals surface area contributed by atoms with Gasteiger partial charge in [0.05, 0.1) is 16.8 Å². The molecule has 0 rings (SSSR count). The van der Waals surface area contributed by atoms with E-state index in [2.05, 4.69) is 19.7 Å². The van der Waals surface area contributed by atoms with Crippen molar-refractivity contribution in [1.82, 2.24) is 0 Å². The van der Waals surface area contributed by atoms with Crippen molar-refractivity contribution in [1.29, 1.82) is 0 Å². The normalized spacial score (nSPS) is 13.8. The minimum Gasteiger partial charge on any atom is -0.276 e. The smallest absolute Gasteiger partial charge is 0.276 e. The van der Waals surface area contributed by atoms with Gasteiger partial charge in [-0.2, -0.15) is 0 Å². The zero-order chi connectivity index (χ0) is 18.9. The van der Waals surface area contributed by atoms with Crippen LogP contribution in [0.25, 0.3) is 0 Å². The Morgan fingerprint density at radius 2 is 0.826 bits per heavy atom. The molecule has 0 bridgehead atoms. The van der Waals surface area contributed by atoms with E-state index in [9.17, 15) is 4.57 Å². The summed E-state index contributed by atoms with van der Waals surface area (Å²) in [6, 6.07) is 0. The minimum atomic E-state index is -3.93. The molecule has 0 saturated heterocycles. The molecule has 0 amide bonds. The number of hydrogen-bond donors (Lipinski definition) is 0. The lowest BCUT2D eigenvalue weighted by molar-refractivity contribution is -0.0128. The zero-order valence-corrected chi connectivity index (χ0v) is 17.1. The van der Waals surface area contributed by atoms with E-state index in [4.69, 9.17) is 13.6 Å². The Kier molecular flexibility index (Phi) is 6.86. The zero-order valence-electron chi connectivity index (χ0n) is 16.2. The van der Waals surface area contributed by atoms with Crippen LogP contribution < -0.4 is 0 Å². The van der Waals surface area contributed by atoms with Crippen molar-refractivity contribution in [3.63, 3.8) is 0 Å². The van der Waals surface area contributed by atoms with Gasteiger partial charge in [-0.15, -0.1) is 0 Å². The molecule has 0 aromatic heterocycles. The molecule has 4 nitrogen and oxygen atoms in total. The van der Waals surface area contributed by atoms with Gasteiger partial charge >= 0.3 is 7.82 Å². The summed E-state index contributed by atoms with van der Waals surface area (Å²) in [4.78, 5) is 0. The summed E-state index contributed by atoms with van der Waals surface area (Å²) < 4.78 is 30.7. The largest absolute Gasteiger partial charge is 0.477 e. The average Bonchev–Trinajstić information content (AvgIpc) is 2.24. The monoisotopic (exact) mass is 344 g/mol. The molecular weight excluding hydrogens is 311 g/mol. The van der Waals surface area contributed by atoms with Gasteiger partial charge in [0, 0.05) is 0 Å². The molecule has 5 heteroatoms. The van der Waals surface area contributed by atoms with Gasteiger partial charge in [0.2, 0.25) is 0 Å². The highest BCUT2D eigenvalue weighted by Gasteiger charge is 2.44. The fraction of sp³-hybridized carbons (Fsp3) is 0.667. The van der Waals surface area contributed by atoms with Crippen molar-refractivity contribution in [2.24, 2.45) is 0 Å². The Morgan fingerprint density at radius 3 is 0.957 bits per heavy atom. The maximum Gasteiger partial charge on any atom is 0.477 e. The lowest BCUT2D eigenvalue weighted by atomic mass is 10.0. The Hall–Kier alpha value is -0.670.